The summed E-state index contributed by atoms with van der Waals surface area (Å²) in [6.07, 6.45) is 1.66. The molecule has 0 bridgehead atoms. The van der Waals surface area contributed by atoms with Gasteiger partial charge in [-0.2, -0.15) is 0 Å². The quantitative estimate of drug-likeness (QED) is 0.184. The van der Waals surface area contributed by atoms with Crippen molar-refractivity contribution >= 4 is 53.5 Å². The van der Waals surface area contributed by atoms with E-state index in [2.05, 4.69) is 187 Å². The number of benzene rings is 6. The Morgan fingerprint density at radius 3 is 0.674 bits per heavy atom. The van der Waals surface area contributed by atoms with E-state index < -0.39 is 15.8 Å². The van der Waals surface area contributed by atoms with Crippen LogP contribution >= 0.6 is 15.8 Å². The fourth-order valence-electron chi connectivity index (χ4n) is 5.00. The Bertz CT molecular complexity index is 1470. The molecule has 226 valence electrons. The van der Waals surface area contributed by atoms with Crippen molar-refractivity contribution in [3.63, 3.8) is 0 Å². The van der Waals surface area contributed by atoms with Crippen LogP contribution in [0.25, 0.3) is 0 Å². The van der Waals surface area contributed by atoms with Gasteiger partial charge < -0.3 is 5.73 Å². The summed E-state index contributed by atoms with van der Waals surface area (Å²) in [6, 6.07) is 70.4. The van der Waals surface area contributed by atoms with Crippen LogP contribution in [-0.4, -0.2) is 4.98 Å². The molecular weight excluding hydrogens is 775 g/mol. The second-order valence-corrected chi connectivity index (χ2v) is 15.2. The Morgan fingerprint density at radius 2 is 0.522 bits per heavy atom. The Kier molecular flexibility index (Phi) is 14.6. The van der Waals surface area contributed by atoms with E-state index in [0.29, 0.717) is 5.82 Å². The van der Waals surface area contributed by atoms with Gasteiger partial charge in [-0.1, -0.05) is 115 Å². The van der Waals surface area contributed by atoms with Gasteiger partial charge in [0, 0.05) is 6.20 Å². The summed E-state index contributed by atoms with van der Waals surface area (Å²) in [5.74, 6) is 0.572. The van der Waals surface area contributed by atoms with Gasteiger partial charge in [0.05, 0.1) is 15.8 Å². The topological polar surface area (TPSA) is 38.9 Å². The molecule has 0 aliphatic heterocycles. The van der Waals surface area contributed by atoms with E-state index >= 15 is 0 Å². The van der Waals surface area contributed by atoms with E-state index in [9.17, 15) is 0 Å². The summed E-state index contributed by atoms with van der Waals surface area (Å²) in [5.41, 5.74) is 5.25. The average molecular weight is 813 g/mol. The van der Waals surface area contributed by atoms with Gasteiger partial charge in [0.15, 0.2) is 0 Å². The van der Waals surface area contributed by atoms with E-state index in [1.165, 1.54) is 31.8 Å². The Balaban J connectivity index is 0.000000170. The maximum Gasteiger partial charge on any atom is 3.00 e. The van der Waals surface area contributed by atoms with E-state index in [4.69, 9.17) is 5.73 Å². The number of nitrogens with zero attached hydrogens (tertiary/aromatic N) is 1. The molecule has 0 atom stereocenters. The monoisotopic (exact) mass is 813 g/mol. The van der Waals surface area contributed by atoms with Gasteiger partial charge in [-0.15, -0.1) is 0 Å². The van der Waals surface area contributed by atoms with Gasteiger partial charge in [0.1, 0.15) is 37.6 Å². The van der Waals surface area contributed by atoms with Crippen molar-refractivity contribution in [2.75, 3.05) is 5.73 Å². The molecule has 2 N–H and O–H groups in total. The number of rotatable bonds is 6. The summed E-state index contributed by atoms with van der Waals surface area (Å²) >= 11 is 0. The number of nitrogen functional groups attached to an aromatic ring is 1. The summed E-state index contributed by atoms with van der Waals surface area (Å²) in [4.78, 5) is 3.76. The molecule has 5 heteroatoms. The molecule has 0 unspecified atom stereocenters. The largest absolute Gasteiger partial charge is 3.00 e. The van der Waals surface area contributed by atoms with Gasteiger partial charge in [-0.05, 0) is 84.9 Å². The maximum absolute atomic E-state index is 5.25. The fourth-order valence-corrected chi connectivity index (χ4v) is 10.2. The SMILES string of the molecule is Nc1ccccn1.[Ir+3].c1ccc([PH+](c2ccccc2)c2ccccc2)cc1.c1ccc([PH+](c2ccccc2)c2ccccc2)cc1. The van der Waals surface area contributed by atoms with Crippen LogP contribution in [0, 0.1) is 0 Å². The van der Waals surface area contributed by atoms with Gasteiger partial charge >= 0.3 is 20.1 Å². The standard InChI is InChI=1S/2C18H15P.C5H6N2.Ir/c2*1-4-10-16(11-5-1)19(17-12-6-2-7-13-17)18-14-8-3-9-15-18;6-5-3-1-2-4-7-5;/h2*1-15H;1-4H,(H2,6,7);/q;;;+3/p+2. The van der Waals surface area contributed by atoms with Crippen LogP contribution in [0.3, 0.4) is 0 Å². The first kappa shape index (κ1) is 34.6. The van der Waals surface area contributed by atoms with Gasteiger partial charge in [-0.3, -0.25) is 0 Å². The summed E-state index contributed by atoms with van der Waals surface area (Å²) in [5, 5.41) is 8.61. The molecule has 0 saturated heterocycles. The van der Waals surface area contributed by atoms with Crippen molar-refractivity contribution in [3.05, 3.63) is 206 Å². The van der Waals surface area contributed by atoms with Crippen LogP contribution in [0.1, 0.15) is 0 Å². The summed E-state index contributed by atoms with van der Waals surface area (Å²) in [6.45, 7) is 0. The number of aromatic nitrogens is 1. The van der Waals surface area contributed by atoms with Gasteiger partial charge in [0.25, 0.3) is 0 Å². The zero-order valence-electron chi connectivity index (χ0n) is 25.5. The normalized spacial score (nSPS) is 10.0. The molecule has 0 fully saturated rings. The van der Waals surface area contributed by atoms with E-state index in [0.717, 1.165) is 0 Å². The zero-order valence-corrected chi connectivity index (χ0v) is 29.9. The van der Waals surface area contributed by atoms with Crippen molar-refractivity contribution in [1.82, 2.24) is 4.98 Å². The molecule has 7 aromatic rings. The van der Waals surface area contributed by atoms with Crippen LogP contribution in [-0.2, 0) is 20.1 Å². The Hall–Kier alpha value is -4.22. The Labute approximate surface area is 289 Å². The molecule has 0 spiro atoms. The second kappa shape index (κ2) is 19.3. The first-order valence-corrected chi connectivity index (χ1v) is 18.0. The van der Waals surface area contributed by atoms with Crippen molar-refractivity contribution in [3.8, 4) is 0 Å². The number of hydrogen-bond acceptors (Lipinski definition) is 2. The third kappa shape index (κ3) is 10.4. The minimum atomic E-state index is -0.877. The van der Waals surface area contributed by atoms with Crippen LogP contribution in [0.5, 0.6) is 0 Å². The molecule has 1 heterocycles. The maximum atomic E-state index is 5.25. The smallest absolute Gasteiger partial charge is 0.384 e. The minimum absolute atomic E-state index is 0. The molecule has 0 saturated carbocycles. The predicted molar refractivity (Wildman–Crippen MR) is 202 cm³/mol. The fraction of sp³-hybridized carbons (Fsp3) is 0. The third-order valence-corrected chi connectivity index (χ3v) is 12.5. The third-order valence-electron chi connectivity index (χ3n) is 7.06. The summed E-state index contributed by atoms with van der Waals surface area (Å²) in [7, 11) is -1.75. The van der Waals surface area contributed by atoms with Crippen molar-refractivity contribution in [2.24, 2.45) is 0 Å². The Morgan fingerprint density at radius 1 is 0.304 bits per heavy atom. The predicted octanol–water partition coefficient (Wildman–Crippen LogP) is 7.02. The van der Waals surface area contributed by atoms with Crippen LogP contribution in [0.4, 0.5) is 5.82 Å². The molecule has 0 aliphatic carbocycles. The van der Waals surface area contributed by atoms with E-state index in [1.807, 2.05) is 12.1 Å². The number of anilines is 1. The molecule has 46 heavy (non-hydrogen) atoms. The van der Waals surface area contributed by atoms with Crippen LogP contribution in [0.15, 0.2) is 206 Å². The van der Waals surface area contributed by atoms with Crippen molar-refractivity contribution < 1.29 is 20.1 Å². The van der Waals surface area contributed by atoms with Crippen LogP contribution < -0.4 is 37.6 Å². The second-order valence-electron chi connectivity index (χ2n) is 10.2. The molecule has 2 nitrogen and oxygen atoms in total. The van der Waals surface area contributed by atoms with Gasteiger partial charge in [0.2, 0.25) is 0 Å². The first-order chi connectivity index (χ1) is 22.3. The van der Waals surface area contributed by atoms with E-state index in [-0.39, 0.29) is 20.1 Å². The molecule has 0 amide bonds. The number of pyridine rings is 1. The van der Waals surface area contributed by atoms with Crippen molar-refractivity contribution in [1.29, 1.82) is 0 Å². The average Bonchev–Trinajstić information content (AvgIpc) is 3.12. The molecule has 7 rings (SSSR count). The summed E-state index contributed by atoms with van der Waals surface area (Å²) < 4.78 is 0. The zero-order chi connectivity index (χ0) is 30.9. The first-order valence-electron chi connectivity index (χ1n) is 15.0. The van der Waals surface area contributed by atoms with E-state index in [1.54, 1.807) is 12.3 Å². The molecule has 6 aromatic carbocycles. The van der Waals surface area contributed by atoms with Crippen molar-refractivity contribution in [2.45, 2.75) is 0 Å². The number of hydrogen-bond donors (Lipinski definition) is 1. The molecule has 0 aliphatic rings. The minimum Gasteiger partial charge on any atom is -0.384 e. The molecule has 0 radical (unpaired) electrons. The molecular formula is C41H38IrN2P2+5. The van der Waals surface area contributed by atoms with Gasteiger partial charge in [-0.25, -0.2) is 4.98 Å². The number of nitrogens with two attached hydrogens (primary N) is 1. The van der Waals surface area contributed by atoms with Crippen LogP contribution in [0.2, 0.25) is 0 Å². The molecule has 1 aromatic heterocycles.